The minimum atomic E-state index is -0.259. The molecule has 0 saturated carbocycles. The number of nitrogens with zero attached hydrogens (tertiary/aromatic N) is 1. The first-order valence-electron chi connectivity index (χ1n) is 9.16. The number of rotatable bonds is 6. The van der Waals surface area contributed by atoms with E-state index in [4.69, 9.17) is 9.84 Å². The van der Waals surface area contributed by atoms with Gasteiger partial charge in [0.1, 0.15) is 11.4 Å². The fourth-order valence-electron chi connectivity index (χ4n) is 3.31. The number of hydrogen-bond donors (Lipinski definition) is 3. The molecule has 28 heavy (non-hydrogen) atoms. The number of ether oxygens (including phenoxy) is 1. The number of fused-ring (bicyclic) bond motifs is 3. The molecule has 0 atom stereocenters. The van der Waals surface area contributed by atoms with Crippen molar-refractivity contribution >= 4 is 27.7 Å². The van der Waals surface area contributed by atoms with Crippen molar-refractivity contribution in [2.75, 3.05) is 20.3 Å². The Kier molecular flexibility index (Phi) is 4.95. The van der Waals surface area contributed by atoms with Gasteiger partial charge >= 0.3 is 0 Å². The van der Waals surface area contributed by atoms with Crippen molar-refractivity contribution in [3.8, 4) is 17.0 Å². The van der Waals surface area contributed by atoms with Gasteiger partial charge in [-0.05, 0) is 30.7 Å². The maximum Gasteiger partial charge on any atom is 0.269 e. The number of benzene rings is 2. The zero-order chi connectivity index (χ0) is 19.5. The van der Waals surface area contributed by atoms with Crippen molar-refractivity contribution < 1.29 is 14.6 Å². The minimum absolute atomic E-state index is 0.0320. The molecule has 2 aromatic heterocycles. The molecule has 142 valence electrons. The van der Waals surface area contributed by atoms with E-state index in [0.717, 1.165) is 33.1 Å². The number of nitrogens with one attached hydrogen (secondary N) is 2. The first kappa shape index (κ1) is 18.0. The molecule has 0 aliphatic heterocycles. The molecule has 0 aliphatic rings. The third-order valence-electron chi connectivity index (χ3n) is 4.69. The fraction of sp³-hybridized carbons (Fsp3) is 0.182. The molecule has 6 nitrogen and oxygen atoms in total. The maximum atomic E-state index is 12.6. The normalized spacial score (nSPS) is 11.1. The van der Waals surface area contributed by atoms with Crippen LogP contribution in [0, 0.1) is 0 Å². The first-order chi connectivity index (χ1) is 13.7. The molecule has 0 bridgehead atoms. The van der Waals surface area contributed by atoms with Gasteiger partial charge < -0.3 is 20.1 Å². The smallest absolute Gasteiger partial charge is 0.269 e. The van der Waals surface area contributed by atoms with Crippen molar-refractivity contribution in [1.82, 2.24) is 15.3 Å². The highest BCUT2D eigenvalue weighted by molar-refractivity contribution is 6.13. The van der Waals surface area contributed by atoms with Gasteiger partial charge in [0.2, 0.25) is 0 Å². The number of aromatic amines is 1. The van der Waals surface area contributed by atoms with Gasteiger partial charge in [-0.25, -0.2) is 4.98 Å². The zero-order valence-corrected chi connectivity index (χ0v) is 15.5. The van der Waals surface area contributed by atoms with Crippen molar-refractivity contribution in [3.05, 3.63) is 60.3 Å². The lowest BCUT2D eigenvalue weighted by atomic mass is 10.1. The standard InChI is InChI=1S/C22H21N3O3/c1-28-15-7-4-6-14(12-15)20-21-17(16-8-2-3-9-18(16)24-21)13-19(25-20)22(27)23-10-5-11-26/h2-4,6-9,12-13,24,26H,5,10-11H2,1H3,(H,23,27). The molecule has 4 aromatic rings. The van der Waals surface area contributed by atoms with Gasteiger partial charge in [-0.15, -0.1) is 0 Å². The molecule has 0 aliphatic carbocycles. The van der Waals surface area contributed by atoms with Crippen LogP contribution < -0.4 is 10.1 Å². The van der Waals surface area contributed by atoms with Crippen LogP contribution in [0.2, 0.25) is 0 Å². The Morgan fingerprint density at radius 1 is 1.14 bits per heavy atom. The van der Waals surface area contributed by atoms with Crippen molar-refractivity contribution in [3.63, 3.8) is 0 Å². The van der Waals surface area contributed by atoms with Gasteiger partial charge in [0.15, 0.2) is 0 Å². The number of hydrogen-bond acceptors (Lipinski definition) is 4. The summed E-state index contributed by atoms with van der Waals surface area (Å²) in [6, 6.07) is 17.4. The second-order valence-corrected chi connectivity index (χ2v) is 6.51. The lowest BCUT2D eigenvalue weighted by Crippen LogP contribution is -2.26. The lowest BCUT2D eigenvalue weighted by molar-refractivity contribution is 0.0946. The van der Waals surface area contributed by atoms with Gasteiger partial charge in [-0.1, -0.05) is 30.3 Å². The monoisotopic (exact) mass is 375 g/mol. The summed E-state index contributed by atoms with van der Waals surface area (Å²) in [6.45, 7) is 0.432. The minimum Gasteiger partial charge on any atom is -0.497 e. The first-order valence-corrected chi connectivity index (χ1v) is 9.16. The number of H-pyrrole nitrogens is 1. The lowest BCUT2D eigenvalue weighted by Gasteiger charge is -2.09. The summed E-state index contributed by atoms with van der Waals surface area (Å²) < 4.78 is 5.35. The molecular weight excluding hydrogens is 354 g/mol. The molecular formula is C22H21N3O3. The van der Waals surface area contributed by atoms with Crippen LogP contribution in [0.3, 0.4) is 0 Å². The van der Waals surface area contributed by atoms with Crippen LogP contribution in [-0.4, -0.2) is 41.2 Å². The Bertz CT molecular complexity index is 1150. The van der Waals surface area contributed by atoms with E-state index in [0.29, 0.717) is 24.4 Å². The SMILES string of the molecule is COc1cccc(-c2nc(C(=O)NCCCO)cc3c2[nH]c2ccccc23)c1. The molecule has 0 radical (unpaired) electrons. The Morgan fingerprint density at radius 3 is 2.82 bits per heavy atom. The molecule has 4 rings (SSSR count). The van der Waals surface area contributed by atoms with Crippen LogP contribution in [0.15, 0.2) is 54.6 Å². The largest absolute Gasteiger partial charge is 0.497 e. The summed E-state index contributed by atoms with van der Waals surface area (Å²) in [6.07, 6.45) is 0.504. The van der Waals surface area contributed by atoms with Crippen LogP contribution in [-0.2, 0) is 0 Å². The van der Waals surface area contributed by atoms with E-state index in [1.54, 1.807) is 7.11 Å². The number of aromatic nitrogens is 2. The number of aliphatic hydroxyl groups excluding tert-OH is 1. The van der Waals surface area contributed by atoms with E-state index in [1.807, 2.05) is 54.6 Å². The van der Waals surface area contributed by atoms with Crippen LogP contribution >= 0.6 is 0 Å². The van der Waals surface area contributed by atoms with Gasteiger partial charge in [-0.2, -0.15) is 0 Å². The van der Waals surface area contributed by atoms with Crippen molar-refractivity contribution in [2.45, 2.75) is 6.42 Å². The summed E-state index contributed by atoms with van der Waals surface area (Å²) in [5.74, 6) is 0.464. The number of methoxy groups -OCH3 is 1. The quantitative estimate of drug-likeness (QED) is 0.450. The predicted molar refractivity (Wildman–Crippen MR) is 110 cm³/mol. The summed E-state index contributed by atoms with van der Waals surface area (Å²) in [4.78, 5) is 20.7. The van der Waals surface area contributed by atoms with Gasteiger partial charge in [-0.3, -0.25) is 4.79 Å². The molecule has 3 N–H and O–H groups in total. The number of carbonyl (C=O) groups excluding carboxylic acids is 1. The molecule has 2 heterocycles. The Balaban J connectivity index is 1.91. The highest BCUT2D eigenvalue weighted by atomic mass is 16.5. The summed E-state index contributed by atoms with van der Waals surface area (Å²) in [7, 11) is 1.62. The number of amides is 1. The highest BCUT2D eigenvalue weighted by Gasteiger charge is 2.17. The number of para-hydroxylation sites is 1. The number of carbonyl (C=O) groups is 1. The van der Waals surface area contributed by atoms with E-state index in [2.05, 4.69) is 15.3 Å². The molecule has 0 fully saturated rings. The zero-order valence-electron chi connectivity index (χ0n) is 15.5. The average Bonchev–Trinajstić information content (AvgIpc) is 3.12. The van der Waals surface area contributed by atoms with Crippen LogP contribution in [0.1, 0.15) is 16.9 Å². The summed E-state index contributed by atoms with van der Waals surface area (Å²) >= 11 is 0. The summed E-state index contributed by atoms with van der Waals surface area (Å²) in [5, 5.41) is 13.7. The average molecular weight is 375 g/mol. The van der Waals surface area contributed by atoms with Gasteiger partial charge in [0.05, 0.1) is 18.3 Å². The van der Waals surface area contributed by atoms with Crippen molar-refractivity contribution in [1.29, 1.82) is 0 Å². The van der Waals surface area contributed by atoms with Gasteiger partial charge in [0.25, 0.3) is 5.91 Å². The Labute approximate surface area is 162 Å². The maximum absolute atomic E-state index is 12.6. The topological polar surface area (TPSA) is 87.2 Å². The highest BCUT2D eigenvalue weighted by Crippen LogP contribution is 2.33. The van der Waals surface area contributed by atoms with E-state index >= 15 is 0 Å². The second kappa shape index (κ2) is 7.70. The predicted octanol–water partition coefficient (Wildman–Crippen LogP) is 3.50. The van der Waals surface area contributed by atoms with Crippen LogP contribution in [0.25, 0.3) is 33.1 Å². The Hall–Kier alpha value is -3.38. The van der Waals surface area contributed by atoms with E-state index in [9.17, 15) is 4.79 Å². The third-order valence-corrected chi connectivity index (χ3v) is 4.69. The van der Waals surface area contributed by atoms with E-state index in [-0.39, 0.29) is 12.5 Å². The molecule has 1 amide bonds. The Morgan fingerprint density at radius 2 is 2.00 bits per heavy atom. The summed E-state index contributed by atoms with van der Waals surface area (Å²) in [5.41, 5.74) is 3.76. The van der Waals surface area contributed by atoms with Crippen LogP contribution in [0.4, 0.5) is 0 Å². The van der Waals surface area contributed by atoms with Crippen molar-refractivity contribution in [2.24, 2.45) is 0 Å². The van der Waals surface area contributed by atoms with E-state index < -0.39 is 0 Å². The fourth-order valence-corrected chi connectivity index (χ4v) is 3.31. The van der Waals surface area contributed by atoms with Gasteiger partial charge in [0, 0.05) is 35.0 Å². The van der Waals surface area contributed by atoms with E-state index in [1.165, 1.54) is 0 Å². The van der Waals surface area contributed by atoms with Crippen LogP contribution in [0.5, 0.6) is 5.75 Å². The number of pyridine rings is 1. The second-order valence-electron chi connectivity index (χ2n) is 6.51. The molecule has 0 saturated heterocycles. The third kappa shape index (κ3) is 3.30. The molecule has 0 unspecified atom stereocenters. The molecule has 0 spiro atoms. The number of aliphatic hydroxyl groups is 1. The molecule has 2 aromatic carbocycles. The molecule has 6 heteroatoms.